The molecule has 0 aromatic carbocycles. The second-order valence-corrected chi connectivity index (χ2v) is 4.43. The maximum atomic E-state index is 11.0. The van der Waals surface area contributed by atoms with Crippen molar-refractivity contribution < 1.29 is 9.90 Å². The summed E-state index contributed by atoms with van der Waals surface area (Å²) in [5.41, 5.74) is 0.342. The van der Waals surface area contributed by atoms with Gasteiger partial charge in [-0.25, -0.2) is 9.97 Å². The number of nitrogens with zero attached hydrogens (tertiary/aromatic N) is 4. The molecule has 0 radical (unpaired) electrons. The van der Waals surface area contributed by atoms with Crippen molar-refractivity contribution in [3.05, 3.63) is 17.0 Å². The fourth-order valence-electron chi connectivity index (χ4n) is 2.04. The second-order valence-electron chi connectivity index (χ2n) is 4.07. The Bertz CT molecular complexity index is 422. The van der Waals surface area contributed by atoms with Gasteiger partial charge in [0.2, 0.25) is 0 Å². The molecule has 1 aromatic rings. The maximum absolute atomic E-state index is 11.0. The van der Waals surface area contributed by atoms with Gasteiger partial charge in [0.15, 0.2) is 6.29 Å². The van der Waals surface area contributed by atoms with Crippen LogP contribution in [0.4, 0.5) is 5.82 Å². The summed E-state index contributed by atoms with van der Waals surface area (Å²) in [4.78, 5) is 23.1. The summed E-state index contributed by atoms with van der Waals surface area (Å²) in [6, 6.07) is 0. The van der Waals surface area contributed by atoms with Crippen LogP contribution >= 0.6 is 11.6 Å². The number of β-amino-alcohol motifs (C(OH)–C–C–N with tert-alkyl or cyclic N) is 1. The van der Waals surface area contributed by atoms with Crippen molar-refractivity contribution in [1.29, 1.82) is 0 Å². The number of aliphatic hydroxyl groups is 1. The standard InChI is InChI=1S/C11H15ClN4O2/c12-10-9(7-18)11(14-8-13-10)16-3-1-15(2-4-16)5-6-17/h7-8,17H,1-6H2. The van der Waals surface area contributed by atoms with E-state index in [4.69, 9.17) is 16.7 Å². The first-order chi connectivity index (χ1) is 8.76. The molecule has 0 bridgehead atoms. The number of hydrogen-bond acceptors (Lipinski definition) is 6. The van der Waals surface area contributed by atoms with Crippen molar-refractivity contribution in [3.8, 4) is 0 Å². The zero-order chi connectivity index (χ0) is 13.0. The van der Waals surface area contributed by atoms with E-state index in [1.807, 2.05) is 4.90 Å². The second kappa shape index (κ2) is 6.08. The van der Waals surface area contributed by atoms with Crippen LogP contribution in [-0.4, -0.2) is 65.6 Å². The number of halogens is 1. The van der Waals surface area contributed by atoms with Crippen molar-refractivity contribution in [2.24, 2.45) is 0 Å². The van der Waals surface area contributed by atoms with Crippen molar-refractivity contribution in [1.82, 2.24) is 14.9 Å². The lowest BCUT2D eigenvalue weighted by molar-refractivity contribution is 0.112. The number of hydrogen-bond donors (Lipinski definition) is 1. The van der Waals surface area contributed by atoms with Crippen molar-refractivity contribution in [2.75, 3.05) is 44.2 Å². The molecule has 1 aliphatic heterocycles. The van der Waals surface area contributed by atoms with Gasteiger partial charge in [-0.05, 0) is 0 Å². The Morgan fingerprint density at radius 3 is 2.67 bits per heavy atom. The summed E-state index contributed by atoms with van der Waals surface area (Å²) in [6.07, 6.45) is 2.06. The van der Waals surface area contributed by atoms with Crippen LogP contribution in [0.2, 0.25) is 5.15 Å². The third-order valence-electron chi connectivity index (χ3n) is 3.02. The Balaban J connectivity index is 2.10. The lowest BCUT2D eigenvalue weighted by Crippen LogP contribution is -2.47. The van der Waals surface area contributed by atoms with Crippen LogP contribution in [0.25, 0.3) is 0 Å². The number of piperazine rings is 1. The summed E-state index contributed by atoms with van der Waals surface area (Å²) in [5.74, 6) is 0.591. The first-order valence-electron chi connectivity index (χ1n) is 5.80. The van der Waals surface area contributed by atoms with Crippen LogP contribution in [-0.2, 0) is 0 Å². The fraction of sp³-hybridized carbons (Fsp3) is 0.545. The van der Waals surface area contributed by atoms with Gasteiger partial charge in [0.05, 0.1) is 12.2 Å². The summed E-state index contributed by atoms with van der Waals surface area (Å²) in [6.45, 7) is 4.03. The molecule has 0 unspecified atom stereocenters. The van der Waals surface area contributed by atoms with Crippen LogP contribution in [0.1, 0.15) is 10.4 Å². The molecule has 0 spiro atoms. The molecule has 2 heterocycles. The monoisotopic (exact) mass is 270 g/mol. The molecule has 1 N–H and O–H groups in total. The van der Waals surface area contributed by atoms with Gasteiger partial charge in [0.1, 0.15) is 17.3 Å². The summed E-state index contributed by atoms with van der Waals surface area (Å²) >= 11 is 5.87. The minimum Gasteiger partial charge on any atom is -0.395 e. The molecule has 6 nitrogen and oxygen atoms in total. The first kappa shape index (κ1) is 13.2. The number of anilines is 1. The zero-order valence-corrected chi connectivity index (χ0v) is 10.7. The smallest absolute Gasteiger partial charge is 0.156 e. The molecule has 1 aliphatic rings. The summed E-state index contributed by atoms with van der Waals surface area (Å²) in [5, 5.41) is 9.07. The maximum Gasteiger partial charge on any atom is 0.156 e. The molecule has 1 aromatic heterocycles. The van der Waals surface area contributed by atoms with E-state index in [1.165, 1.54) is 6.33 Å². The van der Waals surface area contributed by atoms with E-state index in [-0.39, 0.29) is 11.8 Å². The van der Waals surface area contributed by atoms with Crippen LogP contribution in [0, 0.1) is 0 Å². The Morgan fingerprint density at radius 1 is 1.33 bits per heavy atom. The highest BCUT2D eigenvalue weighted by molar-refractivity contribution is 6.32. The lowest BCUT2D eigenvalue weighted by Gasteiger charge is -2.35. The van der Waals surface area contributed by atoms with E-state index in [0.29, 0.717) is 24.2 Å². The molecule has 18 heavy (non-hydrogen) atoms. The summed E-state index contributed by atoms with van der Waals surface area (Å²) in [7, 11) is 0. The van der Waals surface area contributed by atoms with Crippen molar-refractivity contribution in [3.63, 3.8) is 0 Å². The van der Waals surface area contributed by atoms with Gasteiger partial charge in [-0.3, -0.25) is 9.69 Å². The number of carbonyl (C=O) groups excluding carboxylic acids is 1. The molecule has 1 saturated heterocycles. The summed E-state index contributed by atoms with van der Waals surface area (Å²) < 4.78 is 0. The molecule has 0 amide bonds. The number of aldehydes is 1. The van der Waals surface area contributed by atoms with E-state index < -0.39 is 0 Å². The van der Waals surface area contributed by atoms with Crippen LogP contribution in [0.15, 0.2) is 6.33 Å². The van der Waals surface area contributed by atoms with Gasteiger partial charge < -0.3 is 10.0 Å². The predicted molar refractivity (Wildman–Crippen MR) is 68.2 cm³/mol. The van der Waals surface area contributed by atoms with E-state index in [2.05, 4.69) is 14.9 Å². The van der Waals surface area contributed by atoms with Crippen LogP contribution in [0.3, 0.4) is 0 Å². The minimum atomic E-state index is 0.166. The Morgan fingerprint density at radius 2 is 2.06 bits per heavy atom. The van der Waals surface area contributed by atoms with Crippen LogP contribution < -0.4 is 4.90 Å². The zero-order valence-electron chi connectivity index (χ0n) is 9.92. The Hall–Kier alpha value is -1.24. The quantitative estimate of drug-likeness (QED) is 0.616. The van der Waals surface area contributed by atoms with Crippen LogP contribution in [0.5, 0.6) is 0 Å². The molecule has 7 heteroatoms. The SMILES string of the molecule is O=Cc1c(Cl)ncnc1N1CCN(CCO)CC1. The van der Waals surface area contributed by atoms with Gasteiger partial charge in [0.25, 0.3) is 0 Å². The number of aromatic nitrogens is 2. The Labute approximate surface area is 110 Å². The molecule has 2 rings (SSSR count). The number of carbonyl (C=O) groups is 1. The average molecular weight is 271 g/mol. The third-order valence-corrected chi connectivity index (χ3v) is 3.32. The molecule has 1 fully saturated rings. The largest absolute Gasteiger partial charge is 0.395 e. The van der Waals surface area contributed by atoms with Gasteiger partial charge >= 0.3 is 0 Å². The highest BCUT2D eigenvalue weighted by Crippen LogP contribution is 2.22. The minimum absolute atomic E-state index is 0.166. The Kier molecular flexibility index (Phi) is 4.46. The highest BCUT2D eigenvalue weighted by Gasteiger charge is 2.21. The van der Waals surface area contributed by atoms with E-state index in [0.717, 1.165) is 26.2 Å². The number of rotatable bonds is 4. The van der Waals surface area contributed by atoms with Gasteiger partial charge in [0, 0.05) is 32.7 Å². The highest BCUT2D eigenvalue weighted by atomic mass is 35.5. The van der Waals surface area contributed by atoms with Crippen molar-refractivity contribution >= 4 is 23.7 Å². The third kappa shape index (κ3) is 2.77. The van der Waals surface area contributed by atoms with Crippen molar-refractivity contribution in [2.45, 2.75) is 0 Å². The van der Waals surface area contributed by atoms with Gasteiger partial charge in [-0.2, -0.15) is 0 Å². The van der Waals surface area contributed by atoms with E-state index in [1.54, 1.807) is 0 Å². The predicted octanol–water partition coefficient (Wildman–Crippen LogP) is 0.0568. The van der Waals surface area contributed by atoms with E-state index >= 15 is 0 Å². The molecule has 98 valence electrons. The molecule has 0 aliphatic carbocycles. The average Bonchev–Trinajstić information content (AvgIpc) is 2.40. The van der Waals surface area contributed by atoms with E-state index in [9.17, 15) is 4.79 Å². The molecular weight excluding hydrogens is 256 g/mol. The molecular formula is C11H15ClN4O2. The molecule has 0 atom stereocenters. The lowest BCUT2D eigenvalue weighted by atomic mass is 10.2. The van der Waals surface area contributed by atoms with Gasteiger partial charge in [-0.1, -0.05) is 11.6 Å². The normalized spacial score (nSPS) is 16.9. The first-order valence-corrected chi connectivity index (χ1v) is 6.18. The number of aliphatic hydroxyl groups excluding tert-OH is 1. The fourth-order valence-corrected chi connectivity index (χ4v) is 2.22. The van der Waals surface area contributed by atoms with Gasteiger partial charge in [-0.15, -0.1) is 0 Å². The molecule has 0 saturated carbocycles. The topological polar surface area (TPSA) is 69.6 Å².